The summed E-state index contributed by atoms with van der Waals surface area (Å²) in [6.45, 7) is 4.81. The molecule has 1 fully saturated rings. The number of hydrogen-bond acceptors (Lipinski definition) is 5. The fraction of sp³-hybridized carbons (Fsp3) is 0.688. The van der Waals surface area contributed by atoms with Crippen molar-refractivity contribution in [3.05, 3.63) is 22.8 Å². The molecule has 1 unspecified atom stereocenters. The van der Waals surface area contributed by atoms with E-state index in [1.807, 2.05) is 0 Å². The van der Waals surface area contributed by atoms with Crippen molar-refractivity contribution in [2.45, 2.75) is 45.1 Å². The Hall–Kier alpha value is -1.53. The van der Waals surface area contributed by atoms with E-state index in [-0.39, 0.29) is 11.9 Å². The van der Waals surface area contributed by atoms with Gasteiger partial charge in [-0.25, -0.2) is 9.97 Å². The van der Waals surface area contributed by atoms with Crippen molar-refractivity contribution in [1.29, 1.82) is 0 Å². The van der Waals surface area contributed by atoms with E-state index in [1.54, 1.807) is 0 Å². The molecule has 1 aromatic heterocycles. The first-order valence-electron chi connectivity index (χ1n) is 8.15. The molecule has 2 N–H and O–H groups in total. The van der Waals surface area contributed by atoms with Gasteiger partial charge in [-0.2, -0.15) is 0 Å². The molecule has 1 aromatic rings. The zero-order chi connectivity index (χ0) is 15.4. The highest BCUT2D eigenvalue weighted by molar-refractivity contribution is 5.76. The van der Waals surface area contributed by atoms with Crippen LogP contribution in [0.25, 0.3) is 0 Å². The van der Waals surface area contributed by atoms with Crippen LogP contribution < -0.4 is 10.6 Å². The van der Waals surface area contributed by atoms with Crippen LogP contribution in [-0.4, -0.2) is 48.2 Å². The van der Waals surface area contributed by atoms with Gasteiger partial charge in [0.25, 0.3) is 0 Å². The van der Waals surface area contributed by atoms with Crippen molar-refractivity contribution in [2.24, 2.45) is 0 Å². The normalized spacial score (nSPS) is 20.7. The number of morpholine rings is 1. The number of nitrogens with one attached hydrogen (secondary N) is 2. The van der Waals surface area contributed by atoms with E-state index in [1.165, 1.54) is 17.7 Å². The maximum absolute atomic E-state index is 11.9. The van der Waals surface area contributed by atoms with Crippen LogP contribution in [0.2, 0.25) is 0 Å². The number of carbonyl (C=O) groups excluding carboxylic acids is 1. The summed E-state index contributed by atoms with van der Waals surface area (Å²) in [5, 5.41) is 6.23. The monoisotopic (exact) mass is 304 g/mol. The summed E-state index contributed by atoms with van der Waals surface area (Å²) in [6, 6.07) is 0.132. The standard InChI is InChI=1S/C16H24N4O2/c1-11-13-3-2-4-14(13)20-15(19-11)5-6-18-16(21)9-12-10-22-8-7-17-12/h12,17H,2-10H2,1H3,(H,18,21). The van der Waals surface area contributed by atoms with Crippen LogP contribution in [0.3, 0.4) is 0 Å². The van der Waals surface area contributed by atoms with Crippen molar-refractivity contribution in [3.63, 3.8) is 0 Å². The summed E-state index contributed by atoms with van der Waals surface area (Å²) in [7, 11) is 0. The van der Waals surface area contributed by atoms with Gasteiger partial charge in [-0.1, -0.05) is 0 Å². The Morgan fingerprint density at radius 1 is 1.41 bits per heavy atom. The average molecular weight is 304 g/mol. The van der Waals surface area contributed by atoms with E-state index in [0.29, 0.717) is 26.0 Å². The van der Waals surface area contributed by atoms with Gasteiger partial charge in [0.05, 0.1) is 13.2 Å². The second kappa shape index (κ2) is 7.15. The van der Waals surface area contributed by atoms with Gasteiger partial charge in [0.15, 0.2) is 0 Å². The molecule has 0 aromatic carbocycles. The molecule has 0 spiro atoms. The molecule has 2 heterocycles. The summed E-state index contributed by atoms with van der Waals surface area (Å²) in [5.74, 6) is 0.901. The van der Waals surface area contributed by atoms with Crippen LogP contribution in [0.5, 0.6) is 0 Å². The predicted octanol–water partition coefficient (Wildman–Crippen LogP) is 0.311. The Labute approximate surface area is 131 Å². The molecule has 3 rings (SSSR count). The number of nitrogens with zero attached hydrogens (tertiary/aromatic N) is 2. The summed E-state index contributed by atoms with van der Waals surface area (Å²) in [4.78, 5) is 21.1. The van der Waals surface area contributed by atoms with Crippen molar-refractivity contribution < 1.29 is 9.53 Å². The minimum Gasteiger partial charge on any atom is -0.378 e. The minimum absolute atomic E-state index is 0.0564. The molecule has 1 aliphatic heterocycles. The molecule has 0 saturated carbocycles. The number of ether oxygens (including phenoxy) is 1. The van der Waals surface area contributed by atoms with Crippen molar-refractivity contribution in [3.8, 4) is 0 Å². The highest BCUT2D eigenvalue weighted by atomic mass is 16.5. The molecule has 2 aliphatic rings. The second-order valence-corrected chi connectivity index (χ2v) is 6.03. The molecule has 0 radical (unpaired) electrons. The highest BCUT2D eigenvalue weighted by Gasteiger charge is 2.18. The number of carbonyl (C=O) groups is 1. The first-order valence-corrected chi connectivity index (χ1v) is 8.15. The molecule has 6 heteroatoms. The van der Waals surface area contributed by atoms with Gasteiger partial charge in [-0.05, 0) is 31.7 Å². The van der Waals surface area contributed by atoms with Crippen molar-refractivity contribution >= 4 is 5.91 Å². The van der Waals surface area contributed by atoms with Crippen LogP contribution in [-0.2, 0) is 28.8 Å². The van der Waals surface area contributed by atoms with Crippen LogP contribution in [0.15, 0.2) is 0 Å². The third-order valence-corrected chi connectivity index (χ3v) is 4.29. The van der Waals surface area contributed by atoms with E-state index in [4.69, 9.17) is 4.74 Å². The van der Waals surface area contributed by atoms with Gasteiger partial charge in [0, 0.05) is 43.4 Å². The number of amides is 1. The van der Waals surface area contributed by atoms with Gasteiger partial charge in [-0.3, -0.25) is 4.79 Å². The first kappa shape index (κ1) is 15.4. The van der Waals surface area contributed by atoms with Gasteiger partial charge >= 0.3 is 0 Å². The van der Waals surface area contributed by atoms with Gasteiger partial charge in [0.1, 0.15) is 5.82 Å². The fourth-order valence-electron chi connectivity index (χ4n) is 3.16. The summed E-state index contributed by atoms with van der Waals surface area (Å²) in [5.41, 5.74) is 3.64. The van der Waals surface area contributed by atoms with E-state index >= 15 is 0 Å². The summed E-state index contributed by atoms with van der Waals surface area (Å²) < 4.78 is 5.35. The number of fused-ring (bicyclic) bond motifs is 1. The molecule has 6 nitrogen and oxygen atoms in total. The lowest BCUT2D eigenvalue weighted by Gasteiger charge is -2.23. The smallest absolute Gasteiger partial charge is 0.221 e. The third-order valence-electron chi connectivity index (χ3n) is 4.29. The fourth-order valence-corrected chi connectivity index (χ4v) is 3.16. The zero-order valence-electron chi connectivity index (χ0n) is 13.2. The van der Waals surface area contributed by atoms with Crippen LogP contribution in [0.1, 0.15) is 35.6 Å². The quantitative estimate of drug-likeness (QED) is 0.819. The molecule has 120 valence electrons. The molecule has 1 amide bonds. The number of rotatable bonds is 5. The van der Waals surface area contributed by atoms with Crippen molar-refractivity contribution in [2.75, 3.05) is 26.3 Å². The SMILES string of the molecule is Cc1nc(CCNC(=O)CC2COCCN2)nc2c1CCC2. The molecular formula is C16H24N4O2. The zero-order valence-corrected chi connectivity index (χ0v) is 13.2. The van der Waals surface area contributed by atoms with Gasteiger partial charge in [-0.15, -0.1) is 0 Å². The number of hydrogen-bond donors (Lipinski definition) is 2. The van der Waals surface area contributed by atoms with Gasteiger partial charge < -0.3 is 15.4 Å². The second-order valence-electron chi connectivity index (χ2n) is 6.03. The predicted molar refractivity (Wildman–Crippen MR) is 82.7 cm³/mol. The van der Waals surface area contributed by atoms with Crippen molar-refractivity contribution in [1.82, 2.24) is 20.6 Å². The first-order chi connectivity index (χ1) is 10.7. The largest absolute Gasteiger partial charge is 0.378 e. The lowest BCUT2D eigenvalue weighted by atomic mass is 10.2. The lowest BCUT2D eigenvalue weighted by molar-refractivity contribution is -0.122. The molecule has 22 heavy (non-hydrogen) atoms. The Kier molecular flexibility index (Phi) is 5.00. The topological polar surface area (TPSA) is 76.1 Å². The van der Waals surface area contributed by atoms with Gasteiger partial charge in [0.2, 0.25) is 5.91 Å². The summed E-state index contributed by atoms with van der Waals surface area (Å²) >= 11 is 0. The average Bonchev–Trinajstić information content (AvgIpc) is 2.97. The van der Waals surface area contributed by atoms with Crippen LogP contribution in [0, 0.1) is 6.92 Å². The highest BCUT2D eigenvalue weighted by Crippen LogP contribution is 2.22. The molecule has 1 aliphatic carbocycles. The molecular weight excluding hydrogens is 280 g/mol. The third kappa shape index (κ3) is 3.81. The lowest BCUT2D eigenvalue weighted by Crippen LogP contribution is -2.44. The van der Waals surface area contributed by atoms with Crippen LogP contribution in [0.4, 0.5) is 0 Å². The maximum atomic E-state index is 11.9. The number of aromatic nitrogens is 2. The van der Waals surface area contributed by atoms with E-state index in [9.17, 15) is 4.79 Å². The minimum atomic E-state index is 0.0564. The Morgan fingerprint density at radius 3 is 3.14 bits per heavy atom. The summed E-state index contributed by atoms with van der Waals surface area (Å²) in [6.07, 6.45) is 4.50. The molecule has 1 atom stereocenters. The van der Waals surface area contributed by atoms with E-state index in [2.05, 4.69) is 27.5 Å². The molecule has 0 bridgehead atoms. The Balaban J connectivity index is 1.44. The van der Waals surface area contributed by atoms with Crippen LogP contribution >= 0.6 is 0 Å². The number of aryl methyl sites for hydroxylation is 2. The van der Waals surface area contributed by atoms with E-state index < -0.39 is 0 Å². The molecule has 1 saturated heterocycles. The Morgan fingerprint density at radius 2 is 2.32 bits per heavy atom. The van der Waals surface area contributed by atoms with E-state index in [0.717, 1.165) is 37.5 Å². The maximum Gasteiger partial charge on any atom is 0.221 e. The Bertz CT molecular complexity index is 541.